The van der Waals surface area contributed by atoms with Gasteiger partial charge in [0.25, 0.3) is 0 Å². The fourth-order valence-electron chi connectivity index (χ4n) is 1.92. The lowest BCUT2D eigenvalue weighted by Gasteiger charge is -2.13. The zero-order chi connectivity index (χ0) is 14.4. The summed E-state index contributed by atoms with van der Waals surface area (Å²) in [5, 5.41) is 3.12. The molecule has 0 spiro atoms. The summed E-state index contributed by atoms with van der Waals surface area (Å²) in [6.45, 7) is 2.23. The van der Waals surface area contributed by atoms with Crippen molar-refractivity contribution in [2.45, 2.75) is 13.0 Å². The van der Waals surface area contributed by atoms with E-state index in [2.05, 4.69) is 39.3 Å². The Kier molecular flexibility index (Phi) is 4.85. The maximum atomic E-state index is 11.1. The van der Waals surface area contributed by atoms with Gasteiger partial charge in [0.2, 0.25) is 0 Å². The van der Waals surface area contributed by atoms with E-state index >= 15 is 0 Å². The Bertz CT molecular complexity index is 552. The molecule has 0 fully saturated rings. The Balaban J connectivity index is 2.03. The third-order valence-electron chi connectivity index (χ3n) is 3.19. The lowest BCUT2D eigenvalue weighted by molar-refractivity contribution is -0.139. The van der Waals surface area contributed by atoms with Gasteiger partial charge in [-0.25, -0.2) is 0 Å². The number of carbonyl (C=O) groups excluding carboxylic acids is 1. The quantitative estimate of drug-likeness (QED) is 0.848. The topological polar surface area (TPSA) is 51.2 Å². The predicted octanol–water partition coefficient (Wildman–Crippen LogP) is 2.57. The minimum absolute atomic E-state index is 0.0945. The molecule has 0 aliphatic rings. The summed E-state index contributed by atoms with van der Waals surface area (Å²) in [5.41, 5.74) is 3.35. The number of rotatable bonds is 5. The normalized spacial score (nSPS) is 11.9. The number of carbonyl (C=O) groups is 1. The first-order valence-electron chi connectivity index (χ1n) is 6.51. The zero-order valence-electron chi connectivity index (χ0n) is 11.7. The Morgan fingerprint density at radius 1 is 1.25 bits per heavy atom. The summed E-state index contributed by atoms with van der Waals surface area (Å²) in [7, 11) is 1.39. The van der Waals surface area contributed by atoms with E-state index in [1.165, 1.54) is 7.11 Å². The van der Waals surface area contributed by atoms with Gasteiger partial charge in [-0.2, -0.15) is 0 Å². The molecule has 4 heteroatoms. The highest BCUT2D eigenvalue weighted by molar-refractivity contribution is 5.71. The summed E-state index contributed by atoms with van der Waals surface area (Å²) in [6, 6.07) is 12.3. The van der Waals surface area contributed by atoms with E-state index in [0.717, 1.165) is 16.7 Å². The Hall–Kier alpha value is -2.20. The van der Waals surface area contributed by atoms with Crippen LogP contribution in [0.1, 0.15) is 18.5 Å². The summed E-state index contributed by atoms with van der Waals surface area (Å²) in [5.74, 6) is -0.260. The van der Waals surface area contributed by atoms with Crippen LogP contribution >= 0.6 is 0 Å². The monoisotopic (exact) mass is 270 g/mol. The maximum absolute atomic E-state index is 11.1. The van der Waals surface area contributed by atoms with Crippen molar-refractivity contribution in [3.05, 3.63) is 54.4 Å². The minimum atomic E-state index is -0.260. The number of hydrogen-bond acceptors (Lipinski definition) is 4. The highest BCUT2D eigenvalue weighted by atomic mass is 16.5. The Labute approximate surface area is 118 Å². The second-order valence-corrected chi connectivity index (χ2v) is 4.54. The third-order valence-corrected chi connectivity index (χ3v) is 3.19. The molecular weight excluding hydrogens is 252 g/mol. The van der Waals surface area contributed by atoms with Gasteiger partial charge in [-0.3, -0.25) is 9.78 Å². The lowest BCUT2D eigenvalue weighted by atomic mass is 10.0. The fraction of sp³-hybridized carbons (Fsp3) is 0.250. The maximum Gasteiger partial charge on any atom is 0.319 e. The fourth-order valence-corrected chi connectivity index (χ4v) is 1.92. The first-order valence-corrected chi connectivity index (χ1v) is 6.51. The number of ether oxygens (including phenoxy) is 1. The van der Waals surface area contributed by atoms with Crippen molar-refractivity contribution >= 4 is 5.97 Å². The number of hydrogen-bond donors (Lipinski definition) is 1. The molecule has 2 rings (SSSR count). The van der Waals surface area contributed by atoms with Crippen LogP contribution in [0.5, 0.6) is 0 Å². The lowest BCUT2D eigenvalue weighted by Crippen LogP contribution is -2.26. The van der Waals surface area contributed by atoms with E-state index in [1.807, 2.05) is 25.3 Å². The zero-order valence-corrected chi connectivity index (χ0v) is 11.7. The van der Waals surface area contributed by atoms with Crippen molar-refractivity contribution in [1.82, 2.24) is 10.3 Å². The highest BCUT2D eigenvalue weighted by Crippen LogP contribution is 2.20. The highest BCUT2D eigenvalue weighted by Gasteiger charge is 2.07. The van der Waals surface area contributed by atoms with Crippen LogP contribution in [0.4, 0.5) is 0 Å². The van der Waals surface area contributed by atoms with Crippen LogP contribution in [-0.2, 0) is 9.53 Å². The average molecular weight is 270 g/mol. The molecule has 0 aliphatic carbocycles. The van der Waals surface area contributed by atoms with Crippen LogP contribution in [0.15, 0.2) is 48.8 Å². The smallest absolute Gasteiger partial charge is 0.319 e. The second kappa shape index (κ2) is 6.82. The molecule has 0 bridgehead atoms. The number of nitrogens with zero attached hydrogens (tertiary/aromatic N) is 1. The van der Waals surface area contributed by atoms with Gasteiger partial charge in [0.05, 0.1) is 13.7 Å². The van der Waals surface area contributed by atoms with Crippen molar-refractivity contribution in [1.29, 1.82) is 0 Å². The van der Waals surface area contributed by atoms with E-state index in [1.54, 1.807) is 6.20 Å². The molecule has 20 heavy (non-hydrogen) atoms. The number of nitrogens with one attached hydrogen (secondary N) is 1. The molecule has 1 heterocycles. The molecule has 1 N–H and O–H groups in total. The molecule has 1 atom stereocenters. The van der Waals surface area contributed by atoms with E-state index in [-0.39, 0.29) is 18.6 Å². The first-order chi connectivity index (χ1) is 9.70. The van der Waals surface area contributed by atoms with Crippen LogP contribution in [0.3, 0.4) is 0 Å². The molecule has 1 aromatic heterocycles. The molecule has 104 valence electrons. The molecule has 1 aromatic carbocycles. The molecule has 0 radical (unpaired) electrons. The number of aromatic nitrogens is 1. The number of methoxy groups -OCH3 is 1. The van der Waals surface area contributed by atoms with Gasteiger partial charge in [0, 0.05) is 18.4 Å². The van der Waals surface area contributed by atoms with Crippen LogP contribution in [0, 0.1) is 0 Å². The van der Waals surface area contributed by atoms with Crippen molar-refractivity contribution in [2.75, 3.05) is 13.7 Å². The third kappa shape index (κ3) is 3.65. The molecule has 4 nitrogen and oxygen atoms in total. The van der Waals surface area contributed by atoms with Crippen LogP contribution in [-0.4, -0.2) is 24.6 Å². The first kappa shape index (κ1) is 14.2. The predicted molar refractivity (Wildman–Crippen MR) is 78.1 cm³/mol. The Morgan fingerprint density at radius 2 is 2.00 bits per heavy atom. The largest absolute Gasteiger partial charge is 0.468 e. The van der Waals surface area contributed by atoms with Gasteiger partial charge in [0.15, 0.2) is 0 Å². The molecule has 0 saturated heterocycles. The summed E-state index contributed by atoms with van der Waals surface area (Å²) in [6.07, 6.45) is 3.60. The molecule has 0 amide bonds. The van der Waals surface area contributed by atoms with Crippen LogP contribution < -0.4 is 5.32 Å². The van der Waals surface area contributed by atoms with Gasteiger partial charge in [-0.05, 0) is 29.7 Å². The summed E-state index contributed by atoms with van der Waals surface area (Å²) in [4.78, 5) is 15.2. The van der Waals surface area contributed by atoms with E-state index < -0.39 is 0 Å². The second-order valence-electron chi connectivity index (χ2n) is 4.54. The van der Waals surface area contributed by atoms with E-state index in [9.17, 15) is 4.79 Å². The number of pyridine rings is 1. The summed E-state index contributed by atoms with van der Waals surface area (Å²) < 4.78 is 4.61. The van der Waals surface area contributed by atoms with Crippen molar-refractivity contribution < 1.29 is 9.53 Å². The standard InChI is InChI=1S/C16H18N2O2/c1-12(18-11-16(19)20-2)13-5-7-14(8-6-13)15-4-3-9-17-10-15/h3-10,12,18H,11H2,1-2H3/t12-/m1/s1. The number of benzene rings is 1. The van der Waals surface area contributed by atoms with Crippen molar-refractivity contribution in [2.24, 2.45) is 0 Å². The molecule has 0 aliphatic heterocycles. The SMILES string of the molecule is COC(=O)CN[C@H](C)c1ccc(-c2cccnc2)cc1. The minimum Gasteiger partial charge on any atom is -0.468 e. The van der Waals surface area contributed by atoms with Crippen LogP contribution in [0.2, 0.25) is 0 Å². The van der Waals surface area contributed by atoms with Gasteiger partial charge in [-0.15, -0.1) is 0 Å². The molecule has 0 unspecified atom stereocenters. The molecule has 0 saturated carbocycles. The van der Waals surface area contributed by atoms with Gasteiger partial charge >= 0.3 is 5.97 Å². The number of esters is 1. The van der Waals surface area contributed by atoms with Crippen molar-refractivity contribution in [3.63, 3.8) is 0 Å². The van der Waals surface area contributed by atoms with Crippen molar-refractivity contribution in [3.8, 4) is 11.1 Å². The van der Waals surface area contributed by atoms with E-state index in [4.69, 9.17) is 0 Å². The van der Waals surface area contributed by atoms with Gasteiger partial charge in [-0.1, -0.05) is 30.3 Å². The van der Waals surface area contributed by atoms with Gasteiger partial charge in [0.1, 0.15) is 0 Å². The average Bonchev–Trinajstić information content (AvgIpc) is 2.53. The molecular formula is C16H18N2O2. The molecule has 2 aromatic rings. The van der Waals surface area contributed by atoms with Gasteiger partial charge < -0.3 is 10.1 Å². The Morgan fingerprint density at radius 3 is 2.60 bits per heavy atom. The van der Waals surface area contributed by atoms with E-state index in [0.29, 0.717) is 0 Å². The van der Waals surface area contributed by atoms with Crippen LogP contribution in [0.25, 0.3) is 11.1 Å². The summed E-state index contributed by atoms with van der Waals surface area (Å²) >= 11 is 0.